The lowest BCUT2D eigenvalue weighted by Crippen LogP contribution is -2.16. The van der Waals surface area contributed by atoms with E-state index in [0.29, 0.717) is 5.56 Å². The third kappa shape index (κ3) is 3.16. The first-order valence-electron chi connectivity index (χ1n) is 8.69. The maximum atomic E-state index is 11.4. The minimum Gasteiger partial charge on any atom is -0.340 e. The van der Waals surface area contributed by atoms with E-state index in [1.54, 1.807) is 6.92 Å². The van der Waals surface area contributed by atoms with E-state index in [9.17, 15) is 4.79 Å². The Kier molecular flexibility index (Phi) is 4.13. The van der Waals surface area contributed by atoms with Gasteiger partial charge in [0.05, 0.1) is 0 Å². The highest BCUT2D eigenvalue weighted by Crippen LogP contribution is 2.34. The van der Waals surface area contributed by atoms with Crippen LogP contribution in [0.1, 0.15) is 28.7 Å². The molecule has 0 atom stereocenters. The molecule has 1 N–H and O–H groups in total. The molecule has 2 aromatic carbocycles. The third-order valence-corrected chi connectivity index (χ3v) is 4.55. The Morgan fingerprint density at radius 3 is 2.62 bits per heavy atom. The molecule has 26 heavy (non-hydrogen) atoms. The average Bonchev–Trinajstić information content (AvgIpc) is 3.06. The molecule has 1 aromatic heterocycles. The van der Waals surface area contributed by atoms with Gasteiger partial charge in [0.2, 0.25) is 0 Å². The van der Waals surface area contributed by atoms with Crippen LogP contribution in [0.15, 0.2) is 54.6 Å². The molecular weight excluding hydrogens is 324 g/mol. The summed E-state index contributed by atoms with van der Waals surface area (Å²) in [5, 5.41) is 3.31. The molecule has 5 heteroatoms. The molecule has 130 valence electrons. The normalized spacial score (nSPS) is 12.8. The van der Waals surface area contributed by atoms with Crippen molar-refractivity contribution >= 4 is 28.8 Å². The lowest BCUT2D eigenvalue weighted by atomic mass is 10.1. The van der Waals surface area contributed by atoms with Crippen molar-refractivity contribution in [2.75, 3.05) is 16.8 Å². The third-order valence-electron chi connectivity index (χ3n) is 4.55. The second kappa shape index (κ2) is 6.59. The molecule has 0 bridgehead atoms. The predicted molar refractivity (Wildman–Crippen MR) is 104 cm³/mol. The summed E-state index contributed by atoms with van der Waals surface area (Å²) >= 11 is 0. The van der Waals surface area contributed by atoms with E-state index < -0.39 is 0 Å². The molecule has 0 spiro atoms. The van der Waals surface area contributed by atoms with Gasteiger partial charge in [0, 0.05) is 29.5 Å². The fourth-order valence-corrected chi connectivity index (χ4v) is 3.27. The number of nitrogens with zero attached hydrogens (tertiary/aromatic N) is 3. The number of Topliss-reactive ketones (excluding diaryl/α,β-unsaturated/α-hetero) is 1. The Hall–Kier alpha value is -3.21. The summed E-state index contributed by atoms with van der Waals surface area (Å²) in [5.41, 5.74) is 4.14. The highest BCUT2D eigenvalue weighted by atomic mass is 16.1. The number of rotatable bonds is 4. The second-order valence-corrected chi connectivity index (χ2v) is 6.45. The first-order chi connectivity index (χ1) is 12.6. The van der Waals surface area contributed by atoms with Crippen molar-refractivity contribution in [1.82, 2.24) is 9.97 Å². The van der Waals surface area contributed by atoms with Crippen LogP contribution in [0.5, 0.6) is 0 Å². The van der Waals surface area contributed by atoms with Gasteiger partial charge >= 0.3 is 0 Å². The topological polar surface area (TPSA) is 58.1 Å². The monoisotopic (exact) mass is 344 g/mol. The van der Waals surface area contributed by atoms with E-state index in [4.69, 9.17) is 0 Å². The van der Waals surface area contributed by atoms with Crippen molar-refractivity contribution in [3.8, 4) is 0 Å². The fraction of sp³-hybridized carbons (Fsp3) is 0.190. The van der Waals surface area contributed by atoms with Crippen molar-refractivity contribution in [3.63, 3.8) is 0 Å². The molecule has 0 aliphatic carbocycles. The molecule has 0 saturated heterocycles. The number of carbonyl (C=O) groups excluding carboxylic acids is 1. The van der Waals surface area contributed by atoms with Crippen molar-refractivity contribution < 1.29 is 4.79 Å². The number of carbonyl (C=O) groups is 1. The van der Waals surface area contributed by atoms with Crippen LogP contribution in [0.3, 0.4) is 0 Å². The van der Waals surface area contributed by atoms with Gasteiger partial charge in [-0.15, -0.1) is 0 Å². The highest BCUT2D eigenvalue weighted by Gasteiger charge is 2.21. The van der Waals surface area contributed by atoms with Crippen LogP contribution in [0, 0.1) is 6.92 Å². The van der Waals surface area contributed by atoms with Crippen LogP contribution in [0.2, 0.25) is 0 Å². The molecule has 0 fully saturated rings. The van der Waals surface area contributed by atoms with Crippen LogP contribution in [0.25, 0.3) is 0 Å². The molecule has 1 aliphatic rings. The predicted octanol–water partition coefficient (Wildman–Crippen LogP) is 4.43. The summed E-state index contributed by atoms with van der Waals surface area (Å²) in [6.07, 6.45) is 1.02. The summed E-state index contributed by atoms with van der Waals surface area (Å²) in [5.74, 6) is 2.41. The van der Waals surface area contributed by atoms with Crippen LogP contribution >= 0.6 is 0 Å². The largest absolute Gasteiger partial charge is 0.340 e. The Balaban J connectivity index is 1.62. The Labute approximate surface area is 152 Å². The average molecular weight is 344 g/mol. The van der Waals surface area contributed by atoms with E-state index in [1.807, 2.05) is 37.3 Å². The Morgan fingerprint density at radius 1 is 1.08 bits per heavy atom. The zero-order valence-electron chi connectivity index (χ0n) is 14.9. The summed E-state index contributed by atoms with van der Waals surface area (Å²) in [6.45, 7) is 4.38. The van der Waals surface area contributed by atoms with Crippen molar-refractivity contribution in [3.05, 3.63) is 71.5 Å². The Morgan fingerprint density at radius 2 is 1.85 bits per heavy atom. The van der Waals surface area contributed by atoms with Gasteiger partial charge in [-0.2, -0.15) is 0 Å². The minimum absolute atomic E-state index is 0.0596. The molecule has 0 saturated carbocycles. The number of nitrogens with one attached hydrogen (secondary N) is 1. The first-order valence-corrected chi connectivity index (χ1v) is 8.69. The van der Waals surface area contributed by atoms with E-state index in [2.05, 4.69) is 44.5 Å². The molecule has 4 rings (SSSR count). The van der Waals surface area contributed by atoms with Crippen molar-refractivity contribution in [2.24, 2.45) is 0 Å². The van der Waals surface area contributed by atoms with E-state index in [-0.39, 0.29) is 5.78 Å². The molecule has 3 aromatic rings. The molecule has 1 aliphatic heterocycles. The maximum absolute atomic E-state index is 11.4. The number of fused-ring (bicyclic) bond motifs is 1. The van der Waals surface area contributed by atoms with Gasteiger partial charge in [0.15, 0.2) is 5.78 Å². The number of aromatic nitrogens is 2. The van der Waals surface area contributed by atoms with Crippen LogP contribution < -0.4 is 10.2 Å². The van der Waals surface area contributed by atoms with Crippen LogP contribution in [-0.4, -0.2) is 22.3 Å². The van der Waals surface area contributed by atoms with Crippen molar-refractivity contribution in [2.45, 2.75) is 20.3 Å². The van der Waals surface area contributed by atoms with E-state index >= 15 is 0 Å². The number of hydrogen-bond donors (Lipinski definition) is 1. The second-order valence-electron chi connectivity index (χ2n) is 6.45. The zero-order chi connectivity index (χ0) is 18.1. The van der Waals surface area contributed by atoms with Crippen LogP contribution in [-0.2, 0) is 6.42 Å². The summed E-state index contributed by atoms with van der Waals surface area (Å²) in [4.78, 5) is 22.8. The minimum atomic E-state index is 0.0596. The summed E-state index contributed by atoms with van der Waals surface area (Å²) in [6, 6.07) is 17.8. The fourth-order valence-electron chi connectivity index (χ4n) is 3.27. The van der Waals surface area contributed by atoms with Crippen molar-refractivity contribution in [1.29, 1.82) is 0 Å². The van der Waals surface area contributed by atoms with Crippen LogP contribution in [0.4, 0.5) is 23.0 Å². The summed E-state index contributed by atoms with van der Waals surface area (Å²) in [7, 11) is 0. The first kappa shape index (κ1) is 16.3. The van der Waals surface area contributed by atoms with Gasteiger partial charge in [0.25, 0.3) is 0 Å². The smallest absolute Gasteiger partial charge is 0.159 e. The number of hydrogen-bond acceptors (Lipinski definition) is 5. The number of ketones is 1. The zero-order valence-corrected chi connectivity index (χ0v) is 14.9. The molecule has 0 amide bonds. The molecule has 0 unspecified atom stereocenters. The van der Waals surface area contributed by atoms with Gasteiger partial charge in [-0.3, -0.25) is 4.79 Å². The number of benzene rings is 2. The molecule has 0 radical (unpaired) electrons. The SMILES string of the molecule is CC(=O)c1ccc(Nc2cc(N3CCc4ccccc43)nc(C)n2)cc1. The maximum Gasteiger partial charge on any atom is 0.159 e. The number of aryl methyl sites for hydroxylation is 1. The highest BCUT2D eigenvalue weighted by molar-refractivity contribution is 5.94. The van der Waals surface area contributed by atoms with Gasteiger partial charge in [-0.05, 0) is 56.2 Å². The van der Waals surface area contributed by atoms with Gasteiger partial charge in [0.1, 0.15) is 17.5 Å². The molecular formula is C21H20N4O. The van der Waals surface area contributed by atoms with Gasteiger partial charge in [-0.25, -0.2) is 9.97 Å². The standard InChI is InChI=1S/C21H20N4O/c1-14(26)16-7-9-18(10-8-16)24-20-13-21(23-15(2)22-20)25-12-11-17-5-3-4-6-19(17)25/h3-10,13H,11-12H2,1-2H3,(H,22,23,24). The lowest BCUT2D eigenvalue weighted by Gasteiger charge is -2.19. The van der Waals surface area contributed by atoms with E-state index in [0.717, 1.165) is 36.1 Å². The van der Waals surface area contributed by atoms with E-state index in [1.165, 1.54) is 11.3 Å². The quantitative estimate of drug-likeness (QED) is 0.710. The molecule has 5 nitrogen and oxygen atoms in total. The Bertz CT molecular complexity index is 966. The van der Waals surface area contributed by atoms with Gasteiger partial charge in [-0.1, -0.05) is 18.2 Å². The lowest BCUT2D eigenvalue weighted by molar-refractivity contribution is 0.101. The van der Waals surface area contributed by atoms with Gasteiger partial charge < -0.3 is 10.2 Å². The number of anilines is 4. The summed E-state index contributed by atoms with van der Waals surface area (Å²) < 4.78 is 0. The molecule has 2 heterocycles. The number of para-hydroxylation sites is 1.